The largest absolute Gasteiger partial charge is 0.495 e. The topological polar surface area (TPSA) is 58.6 Å². The van der Waals surface area contributed by atoms with E-state index < -0.39 is 11.8 Å². The van der Waals surface area contributed by atoms with Crippen molar-refractivity contribution in [3.8, 4) is 5.75 Å². The highest BCUT2D eigenvalue weighted by atomic mass is 35.5. The Morgan fingerprint density at radius 3 is 2.71 bits per heavy atom. The molecule has 0 heterocycles. The first kappa shape index (κ1) is 15.1. The Morgan fingerprint density at radius 1 is 1.33 bits per heavy atom. The lowest BCUT2D eigenvalue weighted by molar-refractivity contribution is 0.0692. The summed E-state index contributed by atoms with van der Waals surface area (Å²) in [5, 5.41) is 12.4. The van der Waals surface area contributed by atoms with Crippen LogP contribution in [-0.2, 0) is 6.54 Å². The molecule has 2 rings (SSSR count). The third kappa shape index (κ3) is 3.64. The molecule has 21 heavy (non-hydrogen) atoms. The Balaban J connectivity index is 2.11. The summed E-state index contributed by atoms with van der Waals surface area (Å²) in [7, 11) is 1.53. The van der Waals surface area contributed by atoms with Gasteiger partial charge >= 0.3 is 5.97 Å². The van der Waals surface area contributed by atoms with E-state index in [4.69, 9.17) is 21.4 Å². The molecule has 0 atom stereocenters. The van der Waals surface area contributed by atoms with Gasteiger partial charge in [-0.25, -0.2) is 9.18 Å². The van der Waals surface area contributed by atoms with E-state index in [0.29, 0.717) is 23.0 Å². The normalized spacial score (nSPS) is 10.2. The van der Waals surface area contributed by atoms with Crippen LogP contribution in [0.4, 0.5) is 10.1 Å². The lowest BCUT2D eigenvalue weighted by Gasteiger charge is -2.09. The predicted octanol–water partition coefficient (Wildman–Crippen LogP) is 3.80. The van der Waals surface area contributed by atoms with E-state index in [2.05, 4.69) is 5.32 Å². The van der Waals surface area contributed by atoms with Gasteiger partial charge in [-0.15, -0.1) is 0 Å². The van der Waals surface area contributed by atoms with Gasteiger partial charge in [0.2, 0.25) is 0 Å². The first-order valence-corrected chi connectivity index (χ1v) is 6.48. The highest BCUT2D eigenvalue weighted by Gasteiger charge is 2.10. The molecule has 0 aromatic heterocycles. The maximum atomic E-state index is 13.3. The average molecular weight is 310 g/mol. The third-order valence-corrected chi connectivity index (χ3v) is 3.20. The molecule has 110 valence electrons. The van der Waals surface area contributed by atoms with Crippen LogP contribution < -0.4 is 10.1 Å². The Kier molecular flexibility index (Phi) is 4.65. The number of hydrogen-bond acceptors (Lipinski definition) is 3. The summed E-state index contributed by atoms with van der Waals surface area (Å²) in [6.45, 7) is 0.425. The second kappa shape index (κ2) is 6.45. The average Bonchev–Trinajstić information content (AvgIpc) is 2.46. The van der Waals surface area contributed by atoms with E-state index in [-0.39, 0.29) is 5.56 Å². The summed E-state index contributed by atoms with van der Waals surface area (Å²) >= 11 is 6.02. The van der Waals surface area contributed by atoms with Crippen LogP contribution >= 0.6 is 11.6 Å². The molecule has 0 aliphatic heterocycles. The second-order valence-electron chi connectivity index (χ2n) is 4.32. The zero-order valence-electron chi connectivity index (χ0n) is 11.2. The number of ether oxygens (including phenoxy) is 1. The van der Waals surface area contributed by atoms with E-state index in [9.17, 15) is 9.18 Å². The zero-order valence-corrected chi connectivity index (χ0v) is 11.9. The molecular formula is C15H13ClFNO3. The molecule has 0 saturated carbocycles. The van der Waals surface area contributed by atoms with Crippen molar-refractivity contribution in [1.82, 2.24) is 0 Å². The molecule has 0 spiro atoms. The van der Waals surface area contributed by atoms with Gasteiger partial charge in [-0.05, 0) is 35.9 Å². The summed E-state index contributed by atoms with van der Waals surface area (Å²) in [6.07, 6.45) is 0. The fraction of sp³-hybridized carbons (Fsp3) is 0.133. The lowest BCUT2D eigenvalue weighted by atomic mass is 10.1. The van der Waals surface area contributed by atoms with Crippen LogP contribution in [0.15, 0.2) is 36.4 Å². The van der Waals surface area contributed by atoms with E-state index in [1.165, 1.54) is 19.2 Å². The summed E-state index contributed by atoms with van der Waals surface area (Å²) in [5.74, 6) is -1.49. The molecule has 2 N–H and O–H groups in total. The number of halogens is 2. The van der Waals surface area contributed by atoms with E-state index >= 15 is 0 Å². The number of rotatable bonds is 5. The molecule has 2 aromatic rings. The highest BCUT2D eigenvalue weighted by Crippen LogP contribution is 2.25. The summed E-state index contributed by atoms with van der Waals surface area (Å²) < 4.78 is 18.3. The summed E-state index contributed by atoms with van der Waals surface area (Å²) in [6, 6.07) is 9.17. The number of carboxylic acids is 1. The standard InChI is InChI=1S/C15H13ClFNO3/c1-21-14-5-2-9(6-12(14)16)8-18-10-3-4-13(17)11(7-10)15(19)20/h2-7,18H,8H2,1H3,(H,19,20). The molecule has 0 radical (unpaired) electrons. The van der Waals surface area contributed by atoms with Crippen molar-refractivity contribution in [3.63, 3.8) is 0 Å². The van der Waals surface area contributed by atoms with E-state index in [0.717, 1.165) is 11.6 Å². The van der Waals surface area contributed by atoms with Crippen molar-refractivity contribution < 1.29 is 19.0 Å². The Morgan fingerprint density at radius 2 is 2.10 bits per heavy atom. The van der Waals surface area contributed by atoms with Crippen LogP contribution in [0.25, 0.3) is 0 Å². The quantitative estimate of drug-likeness (QED) is 0.882. The van der Waals surface area contributed by atoms with Crippen molar-refractivity contribution in [1.29, 1.82) is 0 Å². The van der Waals surface area contributed by atoms with Gasteiger partial charge in [-0.3, -0.25) is 0 Å². The van der Waals surface area contributed by atoms with Crippen LogP contribution in [-0.4, -0.2) is 18.2 Å². The van der Waals surface area contributed by atoms with Crippen LogP contribution in [0.1, 0.15) is 15.9 Å². The maximum absolute atomic E-state index is 13.3. The van der Waals surface area contributed by atoms with Gasteiger partial charge in [-0.1, -0.05) is 17.7 Å². The number of methoxy groups -OCH3 is 1. The van der Waals surface area contributed by atoms with Crippen molar-refractivity contribution >= 4 is 23.3 Å². The number of aromatic carboxylic acids is 1. The first-order chi connectivity index (χ1) is 10.0. The predicted molar refractivity (Wildman–Crippen MR) is 78.7 cm³/mol. The maximum Gasteiger partial charge on any atom is 0.338 e. The molecule has 0 unspecified atom stereocenters. The molecule has 0 amide bonds. The van der Waals surface area contributed by atoms with Gasteiger partial charge in [0.05, 0.1) is 17.7 Å². The monoisotopic (exact) mass is 309 g/mol. The number of carbonyl (C=O) groups is 1. The smallest absolute Gasteiger partial charge is 0.338 e. The van der Waals surface area contributed by atoms with Crippen LogP contribution in [0.2, 0.25) is 5.02 Å². The van der Waals surface area contributed by atoms with Gasteiger partial charge in [0.1, 0.15) is 11.6 Å². The molecule has 0 aliphatic rings. The molecule has 0 aliphatic carbocycles. The van der Waals surface area contributed by atoms with Crippen molar-refractivity contribution in [2.75, 3.05) is 12.4 Å². The van der Waals surface area contributed by atoms with Crippen LogP contribution in [0, 0.1) is 5.82 Å². The molecule has 2 aromatic carbocycles. The van der Waals surface area contributed by atoms with Crippen molar-refractivity contribution in [3.05, 3.63) is 58.4 Å². The molecule has 0 bridgehead atoms. The Labute approximate surface area is 126 Å². The van der Waals surface area contributed by atoms with E-state index in [1.807, 2.05) is 6.07 Å². The minimum atomic E-state index is -1.30. The van der Waals surface area contributed by atoms with Gasteiger partial charge < -0.3 is 15.2 Å². The number of benzene rings is 2. The van der Waals surface area contributed by atoms with Gasteiger partial charge in [-0.2, -0.15) is 0 Å². The van der Waals surface area contributed by atoms with Gasteiger partial charge in [0.15, 0.2) is 0 Å². The van der Waals surface area contributed by atoms with Gasteiger partial charge in [0, 0.05) is 12.2 Å². The SMILES string of the molecule is COc1ccc(CNc2ccc(F)c(C(=O)O)c2)cc1Cl. The Hall–Kier alpha value is -2.27. The molecule has 0 saturated heterocycles. The number of hydrogen-bond donors (Lipinski definition) is 2. The molecule has 0 fully saturated rings. The summed E-state index contributed by atoms with van der Waals surface area (Å²) in [4.78, 5) is 10.9. The van der Waals surface area contributed by atoms with E-state index in [1.54, 1.807) is 12.1 Å². The highest BCUT2D eigenvalue weighted by molar-refractivity contribution is 6.32. The lowest BCUT2D eigenvalue weighted by Crippen LogP contribution is -2.04. The van der Waals surface area contributed by atoms with Crippen LogP contribution in [0.3, 0.4) is 0 Å². The summed E-state index contributed by atoms with van der Waals surface area (Å²) in [5.41, 5.74) is 1.04. The fourth-order valence-electron chi connectivity index (χ4n) is 1.82. The first-order valence-electron chi connectivity index (χ1n) is 6.10. The molecule has 6 heteroatoms. The second-order valence-corrected chi connectivity index (χ2v) is 4.73. The van der Waals surface area contributed by atoms with Crippen molar-refractivity contribution in [2.24, 2.45) is 0 Å². The number of nitrogens with one attached hydrogen (secondary N) is 1. The van der Waals surface area contributed by atoms with Crippen LogP contribution in [0.5, 0.6) is 5.75 Å². The fourth-order valence-corrected chi connectivity index (χ4v) is 2.10. The molecular weight excluding hydrogens is 297 g/mol. The minimum absolute atomic E-state index is 0.368. The number of anilines is 1. The third-order valence-electron chi connectivity index (χ3n) is 2.91. The molecule has 4 nitrogen and oxygen atoms in total. The number of carboxylic acid groups (broad SMARTS) is 1. The Bertz CT molecular complexity index is 676. The van der Waals surface area contributed by atoms with Crippen molar-refractivity contribution in [2.45, 2.75) is 6.54 Å². The zero-order chi connectivity index (χ0) is 15.4. The van der Waals surface area contributed by atoms with Gasteiger partial charge in [0.25, 0.3) is 0 Å². The minimum Gasteiger partial charge on any atom is -0.495 e.